The van der Waals surface area contributed by atoms with E-state index in [-0.39, 0.29) is 0 Å². The summed E-state index contributed by atoms with van der Waals surface area (Å²) in [6.45, 7) is 2.14. The van der Waals surface area contributed by atoms with Crippen LogP contribution in [0.5, 0.6) is 0 Å². The summed E-state index contributed by atoms with van der Waals surface area (Å²) in [5, 5.41) is 1.16. The molecule has 2 heteroatoms. The molecule has 0 bridgehead atoms. The average Bonchev–Trinajstić information content (AvgIpc) is 3.73. The van der Waals surface area contributed by atoms with Gasteiger partial charge in [-0.15, -0.1) is 0 Å². The van der Waals surface area contributed by atoms with Gasteiger partial charge in [0.25, 0.3) is 0 Å². The average molecular weight is 832 g/mol. The van der Waals surface area contributed by atoms with Crippen LogP contribution in [0.25, 0.3) is 89.1 Å². The van der Waals surface area contributed by atoms with Crippen molar-refractivity contribution < 1.29 is 4.42 Å². The molecule has 11 rings (SSSR count). The van der Waals surface area contributed by atoms with Crippen LogP contribution in [0.2, 0.25) is 0 Å². The molecular formula is C63H45NO. The highest BCUT2D eigenvalue weighted by Gasteiger charge is 2.18. The lowest BCUT2D eigenvalue weighted by Gasteiger charge is -2.28. The Balaban J connectivity index is 0.913. The monoisotopic (exact) mass is 831 g/mol. The smallest absolute Gasteiger partial charge is 0.138 e. The van der Waals surface area contributed by atoms with Crippen LogP contribution < -0.4 is 4.90 Å². The first kappa shape index (κ1) is 39.4. The van der Waals surface area contributed by atoms with E-state index < -0.39 is 0 Å². The molecule has 0 spiro atoms. The summed E-state index contributed by atoms with van der Waals surface area (Å²) in [6, 6.07) is 91.3. The molecule has 0 fully saturated rings. The van der Waals surface area contributed by atoms with Crippen LogP contribution in [-0.4, -0.2) is 0 Å². The summed E-state index contributed by atoms with van der Waals surface area (Å²) in [5.41, 5.74) is 20.6. The van der Waals surface area contributed by atoms with Crippen molar-refractivity contribution in [3.8, 4) is 78.1 Å². The van der Waals surface area contributed by atoms with Crippen molar-refractivity contribution in [3.05, 3.63) is 260 Å². The summed E-state index contributed by atoms with van der Waals surface area (Å²) in [4.78, 5) is 2.38. The van der Waals surface area contributed by atoms with Crippen LogP contribution in [-0.2, 0) is 0 Å². The fourth-order valence-corrected chi connectivity index (χ4v) is 9.05. The second-order valence-corrected chi connectivity index (χ2v) is 16.5. The molecule has 0 radical (unpaired) electrons. The molecule has 0 N–H and O–H groups in total. The van der Waals surface area contributed by atoms with E-state index in [0.717, 1.165) is 78.3 Å². The van der Waals surface area contributed by atoms with Gasteiger partial charge in [0.2, 0.25) is 0 Å². The van der Waals surface area contributed by atoms with Crippen LogP contribution in [0.3, 0.4) is 0 Å². The van der Waals surface area contributed by atoms with Crippen molar-refractivity contribution in [2.24, 2.45) is 0 Å². The summed E-state index contributed by atoms with van der Waals surface area (Å²) < 4.78 is 6.32. The maximum absolute atomic E-state index is 6.32. The molecule has 1 aromatic heterocycles. The lowest BCUT2D eigenvalue weighted by molar-refractivity contribution is 0.629. The topological polar surface area (TPSA) is 16.4 Å². The number of rotatable bonds is 10. The molecule has 0 unspecified atom stereocenters. The van der Waals surface area contributed by atoms with E-state index >= 15 is 0 Å². The predicted molar refractivity (Wildman–Crippen MR) is 274 cm³/mol. The molecule has 0 saturated heterocycles. The van der Waals surface area contributed by atoms with Crippen molar-refractivity contribution in [1.82, 2.24) is 0 Å². The highest BCUT2D eigenvalue weighted by atomic mass is 16.3. The molecular weight excluding hydrogens is 787 g/mol. The maximum atomic E-state index is 6.32. The Bertz CT molecular complexity index is 3370. The molecule has 0 amide bonds. The first-order chi connectivity index (χ1) is 32.1. The van der Waals surface area contributed by atoms with Gasteiger partial charge in [0.1, 0.15) is 11.3 Å². The van der Waals surface area contributed by atoms with E-state index in [1.807, 2.05) is 12.1 Å². The standard InChI is InChI=1S/C63H45NO/c1-44-59-19-9-11-22-62(59)65-63(44)56-18-12-17-55(43-56)53-29-27-50(28-30-53)52-37-41-58(42-38-52)64(57-39-35-51(36-40-57)49-25-23-47(24-26-49)45-13-4-2-5-14-45)61-21-10-8-20-60(61)54-33-31-48(32-34-54)46-15-6-3-7-16-46/h2-43H,1H3. The molecule has 11 aromatic rings. The van der Waals surface area contributed by atoms with Crippen LogP contribution in [0.15, 0.2) is 259 Å². The molecule has 0 saturated carbocycles. The Morgan fingerprint density at radius 3 is 1.17 bits per heavy atom. The highest BCUT2D eigenvalue weighted by Crippen LogP contribution is 2.43. The van der Waals surface area contributed by atoms with Gasteiger partial charge in [-0.05, 0) is 111 Å². The van der Waals surface area contributed by atoms with Crippen molar-refractivity contribution >= 4 is 28.0 Å². The number of nitrogens with zero attached hydrogens (tertiary/aromatic N) is 1. The largest absolute Gasteiger partial charge is 0.456 e. The van der Waals surface area contributed by atoms with Crippen LogP contribution in [0.1, 0.15) is 5.56 Å². The zero-order chi connectivity index (χ0) is 43.5. The van der Waals surface area contributed by atoms with Gasteiger partial charge in [-0.25, -0.2) is 0 Å². The third-order valence-corrected chi connectivity index (χ3v) is 12.5. The minimum absolute atomic E-state index is 0.917. The quantitative estimate of drug-likeness (QED) is 0.136. The van der Waals surface area contributed by atoms with E-state index in [4.69, 9.17) is 4.42 Å². The first-order valence-corrected chi connectivity index (χ1v) is 22.2. The third kappa shape index (κ3) is 7.95. The highest BCUT2D eigenvalue weighted by molar-refractivity contribution is 5.91. The summed E-state index contributed by atoms with van der Waals surface area (Å²) in [6.07, 6.45) is 0. The number of hydrogen-bond donors (Lipinski definition) is 0. The summed E-state index contributed by atoms with van der Waals surface area (Å²) in [5.74, 6) is 0.923. The van der Waals surface area contributed by atoms with Gasteiger partial charge in [0.05, 0.1) is 5.69 Å². The summed E-state index contributed by atoms with van der Waals surface area (Å²) >= 11 is 0. The molecule has 0 atom stereocenters. The number of anilines is 3. The van der Waals surface area contributed by atoms with Crippen molar-refractivity contribution in [1.29, 1.82) is 0 Å². The van der Waals surface area contributed by atoms with E-state index in [9.17, 15) is 0 Å². The Kier molecular flexibility index (Phi) is 10.5. The molecule has 0 aliphatic rings. The molecule has 308 valence electrons. The SMILES string of the molecule is Cc1c(-c2cccc(-c3ccc(-c4ccc(N(c5ccc(-c6ccc(-c7ccccc7)cc6)cc5)c5ccccc5-c5ccc(-c6ccccc6)cc5)cc4)cc3)c2)oc2ccccc12. The minimum atomic E-state index is 0.917. The van der Waals surface area contributed by atoms with Crippen molar-refractivity contribution in [3.63, 3.8) is 0 Å². The number of benzene rings is 10. The van der Waals surface area contributed by atoms with Gasteiger partial charge in [0.15, 0.2) is 0 Å². The third-order valence-electron chi connectivity index (χ3n) is 12.5. The number of aryl methyl sites for hydroxylation is 1. The van der Waals surface area contributed by atoms with Gasteiger partial charge in [-0.2, -0.15) is 0 Å². The molecule has 10 aromatic carbocycles. The van der Waals surface area contributed by atoms with E-state index in [1.165, 1.54) is 33.4 Å². The van der Waals surface area contributed by atoms with Gasteiger partial charge < -0.3 is 9.32 Å². The van der Waals surface area contributed by atoms with Gasteiger partial charge >= 0.3 is 0 Å². The summed E-state index contributed by atoms with van der Waals surface area (Å²) in [7, 11) is 0. The van der Waals surface area contributed by atoms with E-state index in [2.05, 4.69) is 254 Å². The van der Waals surface area contributed by atoms with E-state index in [0.29, 0.717) is 0 Å². The van der Waals surface area contributed by atoms with Gasteiger partial charge in [-0.1, -0.05) is 212 Å². The van der Waals surface area contributed by atoms with Crippen LogP contribution in [0.4, 0.5) is 17.1 Å². The number of fused-ring (bicyclic) bond motifs is 1. The molecule has 65 heavy (non-hydrogen) atoms. The zero-order valence-electron chi connectivity index (χ0n) is 36.1. The molecule has 2 nitrogen and oxygen atoms in total. The lowest BCUT2D eigenvalue weighted by atomic mass is 9.97. The van der Waals surface area contributed by atoms with Gasteiger partial charge in [0, 0.05) is 33.5 Å². The predicted octanol–water partition coefficient (Wildman–Crippen LogP) is 17.9. The van der Waals surface area contributed by atoms with Crippen LogP contribution in [0, 0.1) is 6.92 Å². The van der Waals surface area contributed by atoms with Crippen LogP contribution >= 0.6 is 0 Å². The second kappa shape index (κ2) is 17.4. The maximum Gasteiger partial charge on any atom is 0.138 e. The fourth-order valence-electron chi connectivity index (χ4n) is 9.05. The van der Waals surface area contributed by atoms with Gasteiger partial charge in [-0.3, -0.25) is 0 Å². The lowest BCUT2D eigenvalue weighted by Crippen LogP contribution is -2.11. The van der Waals surface area contributed by atoms with Crippen molar-refractivity contribution in [2.75, 3.05) is 4.90 Å². The Morgan fingerprint density at radius 2 is 0.662 bits per heavy atom. The molecule has 1 heterocycles. The van der Waals surface area contributed by atoms with E-state index in [1.54, 1.807) is 0 Å². The number of hydrogen-bond acceptors (Lipinski definition) is 2. The Hall–Kier alpha value is -8.46. The zero-order valence-corrected chi connectivity index (χ0v) is 36.1. The number of para-hydroxylation sites is 2. The molecule has 0 aliphatic heterocycles. The minimum Gasteiger partial charge on any atom is -0.456 e. The van der Waals surface area contributed by atoms with Crippen molar-refractivity contribution in [2.45, 2.75) is 6.92 Å². The normalized spacial score (nSPS) is 11.2. The number of furan rings is 1. The second-order valence-electron chi connectivity index (χ2n) is 16.5. The Morgan fingerprint density at radius 1 is 0.292 bits per heavy atom. The first-order valence-electron chi connectivity index (χ1n) is 22.2. The Labute approximate surface area is 381 Å². The fraction of sp³-hybridized carbons (Fsp3) is 0.0159. The molecule has 0 aliphatic carbocycles.